The molecule has 2 aromatic heterocycles. The monoisotopic (exact) mass is 276 g/mol. The number of aryl methyl sites for hydroxylation is 1. The molecule has 5 nitrogen and oxygen atoms in total. The number of rotatable bonds is 4. The third-order valence-corrected chi connectivity index (χ3v) is 3.76. The van der Waals surface area contributed by atoms with Crippen molar-refractivity contribution in [1.82, 2.24) is 15.3 Å². The standard InChI is InChI=1S/C13H16N4OS/c1-8-7-19-13(16-8)9(2)17-10-4-5-15-11(6-10)12(18)14-3/h4-7,9H,1-3H3,(H,14,18)(H,15,17). The van der Waals surface area contributed by atoms with Gasteiger partial charge in [-0.15, -0.1) is 11.3 Å². The number of carbonyl (C=O) groups is 1. The fourth-order valence-electron chi connectivity index (χ4n) is 1.66. The predicted octanol–water partition coefficient (Wildman–Crippen LogP) is 2.38. The fourth-order valence-corrected chi connectivity index (χ4v) is 2.46. The molecule has 0 spiro atoms. The van der Waals surface area contributed by atoms with Crippen molar-refractivity contribution in [2.45, 2.75) is 19.9 Å². The maximum absolute atomic E-state index is 11.5. The van der Waals surface area contributed by atoms with Gasteiger partial charge in [0.25, 0.3) is 5.91 Å². The Labute approximate surface area is 116 Å². The first-order valence-electron chi connectivity index (χ1n) is 5.97. The topological polar surface area (TPSA) is 66.9 Å². The van der Waals surface area contributed by atoms with Gasteiger partial charge in [-0.25, -0.2) is 4.98 Å². The Morgan fingerprint density at radius 1 is 1.47 bits per heavy atom. The number of hydrogen-bond donors (Lipinski definition) is 2. The lowest BCUT2D eigenvalue weighted by Gasteiger charge is -2.13. The second kappa shape index (κ2) is 5.79. The lowest BCUT2D eigenvalue weighted by molar-refractivity contribution is 0.0958. The van der Waals surface area contributed by atoms with E-state index in [0.29, 0.717) is 5.69 Å². The minimum Gasteiger partial charge on any atom is -0.376 e. The lowest BCUT2D eigenvalue weighted by atomic mass is 10.2. The molecule has 2 rings (SSSR count). The largest absolute Gasteiger partial charge is 0.376 e. The Bertz CT molecular complexity index is 582. The first kappa shape index (κ1) is 13.5. The molecule has 1 atom stereocenters. The molecule has 0 bridgehead atoms. The van der Waals surface area contributed by atoms with E-state index >= 15 is 0 Å². The summed E-state index contributed by atoms with van der Waals surface area (Å²) in [7, 11) is 1.59. The molecule has 0 aromatic carbocycles. The van der Waals surface area contributed by atoms with Gasteiger partial charge in [-0.3, -0.25) is 9.78 Å². The van der Waals surface area contributed by atoms with Crippen molar-refractivity contribution in [3.05, 3.63) is 40.1 Å². The first-order valence-corrected chi connectivity index (χ1v) is 6.85. The molecular formula is C13H16N4OS. The number of nitrogens with zero attached hydrogens (tertiary/aromatic N) is 2. The maximum Gasteiger partial charge on any atom is 0.269 e. The lowest BCUT2D eigenvalue weighted by Crippen LogP contribution is -2.19. The van der Waals surface area contributed by atoms with E-state index in [2.05, 4.69) is 20.6 Å². The van der Waals surface area contributed by atoms with Crippen molar-refractivity contribution in [2.24, 2.45) is 0 Å². The molecule has 6 heteroatoms. The number of aromatic nitrogens is 2. The highest BCUT2D eigenvalue weighted by Gasteiger charge is 2.11. The van der Waals surface area contributed by atoms with Crippen LogP contribution in [0.5, 0.6) is 0 Å². The van der Waals surface area contributed by atoms with E-state index in [1.54, 1.807) is 30.6 Å². The summed E-state index contributed by atoms with van der Waals surface area (Å²) in [6.07, 6.45) is 1.62. The fraction of sp³-hybridized carbons (Fsp3) is 0.308. The molecule has 0 aliphatic rings. The van der Waals surface area contributed by atoms with Crippen LogP contribution in [-0.4, -0.2) is 22.9 Å². The van der Waals surface area contributed by atoms with Crippen LogP contribution in [0.4, 0.5) is 5.69 Å². The molecule has 1 amide bonds. The zero-order valence-corrected chi connectivity index (χ0v) is 11.9. The molecule has 2 aromatic rings. The molecule has 0 aliphatic carbocycles. The minimum atomic E-state index is -0.193. The van der Waals surface area contributed by atoms with Crippen LogP contribution in [0.3, 0.4) is 0 Å². The molecule has 2 N–H and O–H groups in total. The van der Waals surface area contributed by atoms with Gasteiger partial charge in [-0.1, -0.05) is 0 Å². The van der Waals surface area contributed by atoms with Crippen LogP contribution in [0.1, 0.15) is 34.2 Å². The van der Waals surface area contributed by atoms with Gasteiger partial charge in [-0.05, 0) is 26.0 Å². The molecule has 0 saturated carbocycles. The van der Waals surface area contributed by atoms with Crippen molar-refractivity contribution >= 4 is 22.9 Å². The van der Waals surface area contributed by atoms with Gasteiger partial charge in [0, 0.05) is 30.0 Å². The summed E-state index contributed by atoms with van der Waals surface area (Å²) in [6, 6.07) is 3.66. The zero-order valence-electron chi connectivity index (χ0n) is 11.1. The van der Waals surface area contributed by atoms with Crippen LogP contribution in [0.2, 0.25) is 0 Å². The van der Waals surface area contributed by atoms with E-state index < -0.39 is 0 Å². The molecule has 0 radical (unpaired) electrons. The van der Waals surface area contributed by atoms with E-state index in [-0.39, 0.29) is 11.9 Å². The van der Waals surface area contributed by atoms with Crippen LogP contribution < -0.4 is 10.6 Å². The summed E-state index contributed by atoms with van der Waals surface area (Å²) in [5, 5.41) is 8.92. The van der Waals surface area contributed by atoms with Crippen molar-refractivity contribution < 1.29 is 4.79 Å². The molecule has 0 aliphatic heterocycles. The van der Waals surface area contributed by atoms with Crippen LogP contribution in [0, 0.1) is 6.92 Å². The molecule has 1 unspecified atom stereocenters. The highest BCUT2D eigenvalue weighted by Crippen LogP contribution is 2.22. The SMILES string of the molecule is CNC(=O)c1cc(NC(C)c2nc(C)cs2)ccn1. The van der Waals surface area contributed by atoms with Crippen molar-refractivity contribution in [3.63, 3.8) is 0 Å². The Balaban J connectivity index is 2.12. The van der Waals surface area contributed by atoms with Crippen LogP contribution in [0.15, 0.2) is 23.7 Å². The third kappa shape index (κ3) is 3.29. The number of thiazole rings is 1. The van der Waals surface area contributed by atoms with Gasteiger partial charge in [0.05, 0.1) is 6.04 Å². The van der Waals surface area contributed by atoms with Crippen LogP contribution >= 0.6 is 11.3 Å². The number of carbonyl (C=O) groups excluding carboxylic acids is 1. The number of anilines is 1. The van der Waals surface area contributed by atoms with E-state index in [4.69, 9.17) is 0 Å². The van der Waals surface area contributed by atoms with E-state index in [1.807, 2.05) is 25.3 Å². The summed E-state index contributed by atoms with van der Waals surface area (Å²) in [5.41, 5.74) is 2.28. The average molecular weight is 276 g/mol. The van der Waals surface area contributed by atoms with E-state index in [9.17, 15) is 4.79 Å². The van der Waals surface area contributed by atoms with Crippen molar-refractivity contribution in [3.8, 4) is 0 Å². The highest BCUT2D eigenvalue weighted by atomic mass is 32.1. The predicted molar refractivity (Wildman–Crippen MR) is 76.5 cm³/mol. The first-order chi connectivity index (χ1) is 9.10. The summed E-state index contributed by atoms with van der Waals surface area (Å²) >= 11 is 1.62. The maximum atomic E-state index is 11.5. The number of pyridine rings is 1. The molecular weight excluding hydrogens is 260 g/mol. The van der Waals surface area contributed by atoms with Crippen LogP contribution in [-0.2, 0) is 0 Å². The van der Waals surface area contributed by atoms with Crippen molar-refractivity contribution in [1.29, 1.82) is 0 Å². The molecule has 2 heterocycles. The summed E-state index contributed by atoms with van der Waals surface area (Å²) in [5.74, 6) is -0.193. The van der Waals surface area contributed by atoms with Gasteiger partial charge in [0.15, 0.2) is 0 Å². The minimum absolute atomic E-state index is 0.0960. The quantitative estimate of drug-likeness (QED) is 0.899. The average Bonchev–Trinajstić information content (AvgIpc) is 2.85. The zero-order chi connectivity index (χ0) is 13.8. The van der Waals surface area contributed by atoms with Gasteiger partial charge in [0.2, 0.25) is 0 Å². The summed E-state index contributed by atoms with van der Waals surface area (Å²) < 4.78 is 0. The number of hydrogen-bond acceptors (Lipinski definition) is 5. The molecule has 0 fully saturated rings. The second-order valence-corrected chi connectivity index (χ2v) is 5.09. The Morgan fingerprint density at radius 3 is 2.89 bits per heavy atom. The Morgan fingerprint density at radius 2 is 2.26 bits per heavy atom. The van der Waals surface area contributed by atoms with Crippen LogP contribution in [0.25, 0.3) is 0 Å². The van der Waals surface area contributed by atoms with Gasteiger partial charge >= 0.3 is 0 Å². The third-order valence-electron chi connectivity index (χ3n) is 2.61. The Kier molecular flexibility index (Phi) is 4.11. The van der Waals surface area contributed by atoms with E-state index in [0.717, 1.165) is 16.4 Å². The normalized spacial score (nSPS) is 11.9. The summed E-state index contributed by atoms with van der Waals surface area (Å²) in [6.45, 7) is 4.01. The smallest absolute Gasteiger partial charge is 0.269 e. The van der Waals surface area contributed by atoms with E-state index in [1.165, 1.54) is 0 Å². The molecule has 100 valence electrons. The summed E-state index contributed by atoms with van der Waals surface area (Å²) in [4.78, 5) is 20.0. The van der Waals surface area contributed by atoms with Gasteiger partial charge < -0.3 is 10.6 Å². The van der Waals surface area contributed by atoms with Gasteiger partial charge in [-0.2, -0.15) is 0 Å². The Hall–Kier alpha value is -1.95. The molecule has 0 saturated heterocycles. The number of nitrogens with one attached hydrogen (secondary N) is 2. The highest BCUT2D eigenvalue weighted by molar-refractivity contribution is 7.09. The second-order valence-electron chi connectivity index (χ2n) is 4.20. The molecule has 19 heavy (non-hydrogen) atoms. The van der Waals surface area contributed by atoms with Gasteiger partial charge in [0.1, 0.15) is 10.7 Å². The number of amides is 1. The van der Waals surface area contributed by atoms with Crippen molar-refractivity contribution in [2.75, 3.05) is 12.4 Å².